The van der Waals surface area contributed by atoms with Gasteiger partial charge in [0.15, 0.2) is 23.3 Å². The molecule has 6 heteroatoms. The summed E-state index contributed by atoms with van der Waals surface area (Å²) in [4.78, 5) is 12.1. The predicted molar refractivity (Wildman–Crippen MR) is 75.9 cm³/mol. The van der Waals surface area contributed by atoms with Gasteiger partial charge in [0.2, 0.25) is 0 Å². The van der Waals surface area contributed by atoms with E-state index >= 15 is 0 Å². The molecule has 2 aromatic rings. The molecular weight excluding hydrogens is 310 g/mol. The van der Waals surface area contributed by atoms with Gasteiger partial charge in [-0.2, -0.15) is 0 Å². The maximum atomic E-state index is 13.7. The van der Waals surface area contributed by atoms with Crippen LogP contribution < -0.4 is 5.32 Å². The van der Waals surface area contributed by atoms with E-state index in [1.807, 2.05) is 18.2 Å². The molecule has 120 valence electrons. The largest absolute Gasteiger partial charge is 0.345 e. The van der Waals surface area contributed by atoms with Crippen LogP contribution in [0.3, 0.4) is 0 Å². The molecule has 0 radical (unpaired) electrons. The van der Waals surface area contributed by atoms with Crippen molar-refractivity contribution in [2.75, 3.05) is 0 Å². The van der Waals surface area contributed by atoms with Crippen LogP contribution in [0.4, 0.5) is 17.6 Å². The van der Waals surface area contributed by atoms with Crippen LogP contribution in [-0.4, -0.2) is 5.91 Å². The lowest BCUT2D eigenvalue weighted by atomic mass is 9.87. The highest BCUT2D eigenvalue weighted by molar-refractivity contribution is 5.95. The van der Waals surface area contributed by atoms with E-state index in [4.69, 9.17) is 0 Å². The average molecular weight is 323 g/mol. The van der Waals surface area contributed by atoms with Crippen molar-refractivity contribution in [2.24, 2.45) is 0 Å². The van der Waals surface area contributed by atoms with E-state index in [1.54, 1.807) is 6.07 Å². The number of aryl methyl sites for hydroxylation is 1. The smallest absolute Gasteiger partial charge is 0.257 e. The Morgan fingerprint density at radius 2 is 1.70 bits per heavy atom. The SMILES string of the molecule is O=C(NC1CCCc2ccccc21)c1c(F)c(F)cc(F)c1F. The number of carbonyl (C=O) groups is 1. The van der Waals surface area contributed by atoms with Gasteiger partial charge in [0.25, 0.3) is 5.91 Å². The quantitative estimate of drug-likeness (QED) is 0.656. The summed E-state index contributed by atoms with van der Waals surface area (Å²) in [6.07, 6.45) is 2.23. The summed E-state index contributed by atoms with van der Waals surface area (Å²) < 4.78 is 53.9. The molecule has 2 aromatic carbocycles. The minimum atomic E-state index is -1.69. The molecular formula is C17H13F4NO. The Morgan fingerprint density at radius 1 is 1.04 bits per heavy atom. The van der Waals surface area contributed by atoms with Gasteiger partial charge in [-0.3, -0.25) is 4.79 Å². The highest BCUT2D eigenvalue weighted by Crippen LogP contribution is 2.30. The van der Waals surface area contributed by atoms with Crippen molar-refractivity contribution in [3.63, 3.8) is 0 Å². The lowest BCUT2D eigenvalue weighted by molar-refractivity contribution is 0.0921. The Labute approximate surface area is 130 Å². The molecule has 23 heavy (non-hydrogen) atoms. The second-order valence-electron chi connectivity index (χ2n) is 5.46. The fraction of sp³-hybridized carbons (Fsp3) is 0.235. The van der Waals surface area contributed by atoms with Gasteiger partial charge in [-0.1, -0.05) is 24.3 Å². The number of benzene rings is 2. The summed E-state index contributed by atoms with van der Waals surface area (Å²) >= 11 is 0. The normalized spacial score (nSPS) is 16.8. The monoisotopic (exact) mass is 323 g/mol. The van der Waals surface area contributed by atoms with Gasteiger partial charge in [-0.25, -0.2) is 17.6 Å². The third-order valence-corrected chi connectivity index (χ3v) is 4.01. The lowest BCUT2D eigenvalue weighted by Gasteiger charge is -2.26. The highest BCUT2D eigenvalue weighted by atomic mass is 19.2. The number of nitrogens with one attached hydrogen (secondary N) is 1. The molecule has 0 saturated heterocycles. The Morgan fingerprint density at radius 3 is 2.39 bits per heavy atom. The third kappa shape index (κ3) is 2.81. The number of rotatable bonds is 2. The summed E-state index contributed by atoms with van der Waals surface area (Å²) in [5, 5.41) is 2.48. The van der Waals surface area contributed by atoms with E-state index in [-0.39, 0.29) is 6.07 Å². The van der Waals surface area contributed by atoms with Crippen LogP contribution in [0.5, 0.6) is 0 Å². The molecule has 1 amide bonds. The molecule has 2 nitrogen and oxygen atoms in total. The van der Waals surface area contributed by atoms with Crippen LogP contribution in [0.15, 0.2) is 30.3 Å². The minimum Gasteiger partial charge on any atom is -0.345 e. The van der Waals surface area contributed by atoms with Crippen LogP contribution in [0.1, 0.15) is 40.4 Å². The molecule has 1 atom stereocenters. The van der Waals surface area contributed by atoms with E-state index in [1.165, 1.54) is 0 Å². The molecule has 1 N–H and O–H groups in total. The number of fused-ring (bicyclic) bond motifs is 1. The van der Waals surface area contributed by atoms with Gasteiger partial charge >= 0.3 is 0 Å². The first-order chi connectivity index (χ1) is 11.0. The first kappa shape index (κ1) is 15.5. The highest BCUT2D eigenvalue weighted by Gasteiger charge is 2.28. The second kappa shape index (κ2) is 6.02. The number of hydrogen-bond donors (Lipinski definition) is 1. The predicted octanol–water partition coefficient (Wildman–Crippen LogP) is 4.05. The molecule has 0 saturated carbocycles. The van der Waals surface area contributed by atoms with Crippen LogP contribution in [0.2, 0.25) is 0 Å². The summed E-state index contributed by atoms with van der Waals surface area (Å²) in [5.74, 6) is -7.74. The molecule has 0 heterocycles. The number of amides is 1. The Bertz CT molecular complexity index is 749. The van der Waals surface area contributed by atoms with Crippen molar-refractivity contribution in [1.29, 1.82) is 0 Å². The van der Waals surface area contributed by atoms with E-state index in [9.17, 15) is 22.4 Å². The Kier molecular flexibility index (Phi) is 4.07. The van der Waals surface area contributed by atoms with E-state index < -0.39 is 40.8 Å². The zero-order valence-corrected chi connectivity index (χ0v) is 12.0. The zero-order valence-electron chi connectivity index (χ0n) is 12.0. The lowest BCUT2D eigenvalue weighted by Crippen LogP contribution is -2.32. The summed E-state index contributed by atoms with van der Waals surface area (Å²) in [6.45, 7) is 0. The molecule has 0 aromatic heterocycles. The maximum absolute atomic E-state index is 13.7. The van der Waals surface area contributed by atoms with E-state index in [0.29, 0.717) is 6.42 Å². The van der Waals surface area contributed by atoms with E-state index in [0.717, 1.165) is 24.0 Å². The maximum Gasteiger partial charge on any atom is 0.257 e. The third-order valence-electron chi connectivity index (χ3n) is 4.01. The molecule has 0 bridgehead atoms. The zero-order chi connectivity index (χ0) is 16.6. The first-order valence-electron chi connectivity index (χ1n) is 7.20. The van der Waals surface area contributed by atoms with Gasteiger partial charge < -0.3 is 5.32 Å². The van der Waals surface area contributed by atoms with Crippen molar-refractivity contribution in [3.05, 3.63) is 70.3 Å². The molecule has 1 aliphatic carbocycles. The molecule has 0 spiro atoms. The summed E-state index contributed by atoms with van der Waals surface area (Å²) in [6, 6.07) is 7.03. The van der Waals surface area contributed by atoms with Crippen molar-refractivity contribution < 1.29 is 22.4 Å². The molecule has 0 aliphatic heterocycles. The topological polar surface area (TPSA) is 29.1 Å². The van der Waals surface area contributed by atoms with Crippen LogP contribution >= 0.6 is 0 Å². The molecule has 1 unspecified atom stereocenters. The minimum absolute atomic E-state index is 0.0807. The van der Waals surface area contributed by atoms with E-state index in [2.05, 4.69) is 5.32 Å². The van der Waals surface area contributed by atoms with Crippen LogP contribution in [0, 0.1) is 23.3 Å². The number of hydrogen-bond acceptors (Lipinski definition) is 1. The Balaban J connectivity index is 1.93. The Hall–Kier alpha value is -2.37. The standard InChI is InChI=1S/C17H13F4NO/c18-11-8-12(19)16(21)14(15(11)20)17(23)22-13-7-3-5-9-4-1-2-6-10(9)13/h1-2,4,6,8,13H,3,5,7H2,(H,22,23). The van der Waals surface area contributed by atoms with Crippen molar-refractivity contribution >= 4 is 5.91 Å². The van der Waals surface area contributed by atoms with Crippen molar-refractivity contribution in [2.45, 2.75) is 25.3 Å². The van der Waals surface area contributed by atoms with Gasteiger partial charge in [-0.15, -0.1) is 0 Å². The van der Waals surface area contributed by atoms with Crippen molar-refractivity contribution in [1.82, 2.24) is 5.32 Å². The first-order valence-corrected chi connectivity index (χ1v) is 7.20. The summed E-state index contributed by atoms with van der Waals surface area (Å²) in [7, 11) is 0. The number of halogens is 4. The number of carbonyl (C=O) groups excluding carboxylic acids is 1. The molecule has 1 aliphatic rings. The van der Waals surface area contributed by atoms with Gasteiger partial charge in [0, 0.05) is 6.07 Å². The summed E-state index contributed by atoms with van der Waals surface area (Å²) in [5.41, 5.74) is 0.658. The fourth-order valence-electron chi connectivity index (χ4n) is 2.91. The second-order valence-corrected chi connectivity index (χ2v) is 5.46. The van der Waals surface area contributed by atoms with Gasteiger partial charge in [0.1, 0.15) is 5.56 Å². The fourth-order valence-corrected chi connectivity index (χ4v) is 2.91. The van der Waals surface area contributed by atoms with Gasteiger partial charge in [-0.05, 0) is 30.4 Å². The van der Waals surface area contributed by atoms with Crippen LogP contribution in [-0.2, 0) is 6.42 Å². The molecule has 3 rings (SSSR count). The van der Waals surface area contributed by atoms with Crippen LogP contribution in [0.25, 0.3) is 0 Å². The average Bonchev–Trinajstić information content (AvgIpc) is 2.54. The van der Waals surface area contributed by atoms with Crippen molar-refractivity contribution in [3.8, 4) is 0 Å². The molecule has 0 fully saturated rings. The van der Waals surface area contributed by atoms with Gasteiger partial charge in [0.05, 0.1) is 6.04 Å².